The molecule has 1 atom stereocenters. The highest BCUT2D eigenvalue weighted by Gasteiger charge is 2.31. The van der Waals surface area contributed by atoms with Crippen molar-refractivity contribution in [2.75, 3.05) is 31.9 Å². The third-order valence-electron chi connectivity index (χ3n) is 3.60. The van der Waals surface area contributed by atoms with Crippen molar-refractivity contribution in [3.63, 3.8) is 0 Å². The van der Waals surface area contributed by atoms with Crippen molar-refractivity contribution < 1.29 is 21.6 Å². The Balaban J connectivity index is 2.42. The lowest BCUT2D eigenvalue weighted by Gasteiger charge is -2.32. The smallest absolute Gasteiger partial charge is 0.316 e. The minimum atomic E-state index is -4.29. The number of nitrogens with zero attached hydrogens (tertiary/aromatic N) is 1. The zero-order valence-electron chi connectivity index (χ0n) is 12.5. The van der Waals surface area contributed by atoms with E-state index in [1.165, 1.54) is 4.31 Å². The summed E-state index contributed by atoms with van der Waals surface area (Å²) in [5.41, 5.74) is 0. The van der Waals surface area contributed by atoms with Crippen LogP contribution in [-0.2, 0) is 10.0 Å². The quantitative estimate of drug-likeness (QED) is 0.695. The molecule has 0 bridgehead atoms. The first-order chi connectivity index (χ1) is 9.74. The predicted molar refractivity (Wildman–Crippen MR) is 76.5 cm³/mol. The lowest BCUT2D eigenvalue weighted by molar-refractivity contribution is -0.134. The first kappa shape index (κ1) is 18.7. The Labute approximate surface area is 125 Å². The lowest BCUT2D eigenvalue weighted by Crippen LogP contribution is -2.43. The van der Waals surface area contributed by atoms with E-state index >= 15 is 0 Å². The summed E-state index contributed by atoms with van der Waals surface area (Å²) < 4.78 is 61.8. The molecule has 1 aliphatic rings. The molecule has 0 spiro atoms. The standard InChI is InChI=1S/C13H25F3N2O2S/c1-2-7-17-10-12-5-3-8-18(11-12)21(19,20)9-4-6-13(14,15)16/h12,17H,2-11H2,1H3. The summed E-state index contributed by atoms with van der Waals surface area (Å²) in [4.78, 5) is 0. The lowest BCUT2D eigenvalue weighted by atomic mass is 10.00. The van der Waals surface area contributed by atoms with Crippen LogP contribution in [0.1, 0.15) is 39.0 Å². The van der Waals surface area contributed by atoms with E-state index in [0.29, 0.717) is 13.1 Å². The van der Waals surface area contributed by atoms with Gasteiger partial charge in [0.25, 0.3) is 0 Å². The second-order valence-corrected chi connectivity index (χ2v) is 7.69. The Hall–Kier alpha value is -0.340. The van der Waals surface area contributed by atoms with Crippen LogP contribution >= 0.6 is 0 Å². The minimum absolute atomic E-state index is 0.252. The van der Waals surface area contributed by atoms with E-state index in [9.17, 15) is 21.6 Å². The van der Waals surface area contributed by atoms with E-state index in [-0.39, 0.29) is 12.3 Å². The van der Waals surface area contributed by atoms with Crippen molar-refractivity contribution in [1.82, 2.24) is 9.62 Å². The van der Waals surface area contributed by atoms with Gasteiger partial charge in [-0.05, 0) is 44.7 Å². The molecule has 1 fully saturated rings. The molecule has 8 heteroatoms. The fourth-order valence-electron chi connectivity index (χ4n) is 2.51. The molecule has 0 aliphatic carbocycles. The van der Waals surface area contributed by atoms with Gasteiger partial charge < -0.3 is 5.32 Å². The number of hydrogen-bond donors (Lipinski definition) is 1. The summed E-state index contributed by atoms with van der Waals surface area (Å²) in [6, 6.07) is 0. The first-order valence-corrected chi connectivity index (χ1v) is 9.11. The number of rotatable bonds is 8. The maximum atomic E-state index is 12.1. The van der Waals surface area contributed by atoms with E-state index in [0.717, 1.165) is 32.4 Å². The number of alkyl halides is 3. The summed E-state index contributed by atoms with van der Waals surface area (Å²) in [5, 5.41) is 3.27. The number of hydrogen-bond acceptors (Lipinski definition) is 3. The van der Waals surface area contributed by atoms with E-state index < -0.39 is 28.4 Å². The van der Waals surface area contributed by atoms with Gasteiger partial charge in [-0.3, -0.25) is 0 Å². The highest BCUT2D eigenvalue weighted by atomic mass is 32.2. The van der Waals surface area contributed by atoms with Gasteiger partial charge in [-0.1, -0.05) is 6.92 Å². The van der Waals surface area contributed by atoms with Crippen molar-refractivity contribution >= 4 is 10.0 Å². The largest absolute Gasteiger partial charge is 0.389 e. The van der Waals surface area contributed by atoms with Crippen LogP contribution in [0, 0.1) is 5.92 Å². The van der Waals surface area contributed by atoms with E-state index in [1.54, 1.807) is 0 Å². The molecule has 0 aromatic rings. The minimum Gasteiger partial charge on any atom is -0.316 e. The summed E-state index contributed by atoms with van der Waals surface area (Å²) in [7, 11) is -3.56. The Bertz CT molecular complexity index is 399. The summed E-state index contributed by atoms with van der Waals surface area (Å²) in [5.74, 6) is -0.163. The van der Waals surface area contributed by atoms with Crippen LogP contribution in [0.25, 0.3) is 0 Å². The number of sulfonamides is 1. The molecule has 1 unspecified atom stereocenters. The van der Waals surface area contributed by atoms with Gasteiger partial charge in [0, 0.05) is 19.5 Å². The molecule has 1 saturated heterocycles. The molecular weight excluding hydrogens is 305 g/mol. The summed E-state index contributed by atoms with van der Waals surface area (Å²) in [6.45, 7) is 4.58. The van der Waals surface area contributed by atoms with Crippen molar-refractivity contribution in [3.8, 4) is 0 Å². The molecule has 0 amide bonds. The summed E-state index contributed by atoms with van der Waals surface area (Å²) >= 11 is 0. The van der Waals surface area contributed by atoms with Crippen LogP contribution in [0.2, 0.25) is 0 Å². The SMILES string of the molecule is CCCNCC1CCCN(S(=O)(=O)CCCC(F)(F)F)C1. The average Bonchev–Trinajstić information content (AvgIpc) is 2.37. The van der Waals surface area contributed by atoms with Gasteiger partial charge in [-0.2, -0.15) is 13.2 Å². The highest BCUT2D eigenvalue weighted by Crippen LogP contribution is 2.23. The number of piperidine rings is 1. The van der Waals surface area contributed by atoms with Crippen molar-refractivity contribution in [1.29, 1.82) is 0 Å². The molecule has 0 saturated carbocycles. The molecule has 126 valence electrons. The zero-order chi connectivity index (χ0) is 15.9. The Morgan fingerprint density at radius 2 is 2.05 bits per heavy atom. The average molecular weight is 330 g/mol. The molecule has 0 radical (unpaired) electrons. The first-order valence-electron chi connectivity index (χ1n) is 7.50. The van der Waals surface area contributed by atoms with Crippen molar-refractivity contribution in [3.05, 3.63) is 0 Å². The van der Waals surface area contributed by atoms with E-state index in [1.807, 2.05) is 0 Å². The zero-order valence-corrected chi connectivity index (χ0v) is 13.3. The fourth-order valence-corrected chi connectivity index (χ4v) is 4.13. The van der Waals surface area contributed by atoms with E-state index in [4.69, 9.17) is 0 Å². The van der Waals surface area contributed by atoms with Crippen LogP contribution in [0.4, 0.5) is 13.2 Å². The number of nitrogens with one attached hydrogen (secondary N) is 1. The van der Waals surface area contributed by atoms with E-state index in [2.05, 4.69) is 12.2 Å². The van der Waals surface area contributed by atoms with Gasteiger partial charge in [-0.25, -0.2) is 12.7 Å². The second kappa shape index (κ2) is 8.33. The molecule has 1 heterocycles. The molecule has 4 nitrogen and oxygen atoms in total. The summed E-state index contributed by atoms with van der Waals surface area (Å²) in [6.07, 6.45) is -2.93. The maximum Gasteiger partial charge on any atom is 0.389 e. The third kappa shape index (κ3) is 7.46. The van der Waals surface area contributed by atoms with Gasteiger partial charge >= 0.3 is 6.18 Å². The Morgan fingerprint density at radius 3 is 2.67 bits per heavy atom. The van der Waals surface area contributed by atoms with Gasteiger partial charge in [0.05, 0.1) is 5.75 Å². The van der Waals surface area contributed by atoms with Gasteiger partial charge in [-0.15, -0.1) is 0 Å². The number of halogens is 3. The second-order valence-electron chi connectivity index (χ2n) is 5.61. The van der Waals surface area contributed by atoms with Crippen LogP contribution in [-0.4, -0.2) is 50.8 Å². The third-order valence-corrected chi connectivity index (χ3v) is 5.52. The molecule has 0 aromatic carbocycles. The Kier molecular flexibility index (Phi) is 7.42. The molecule has 21 heavy (non-hydrogen) atoms. The van der Waals surface area contributed by atoms with Crippen LogP contribution in [0.3, 0.4) is 0 Å². The molecule has 0 aromatic heterocycles. The monoisotopic (exact) mass is 330 g/mol. The molecule has 1 aliphatic heterocycles. The maximum absolute atomic E-state index is 12.1. The van der Waals surface area contributed by atoms with Crippen molar-refractivity contribution in [2.24, 2.45) is 5.92 Å². The molecule has 1 rings (SSSR count). The van der Waals surface area contributed by atoms with Gasteiger partial charge in [0.2, 0.25) is 10.0 Å². The van der Waals surface area contributed by atoms with Gasteiger partial charge in [0.1, 0.15) is 0 Å². The molecule has 1 N–H and O–H groups in total. The predicted octanol–water partition coefficient (Wildman–Crippen LogP) is 2.37. The topological polar surface area (TPSA) is 49.4 Å². The normalized spacial score (nSPS) is 21.6. The van der Waals surface area contributed by atoms with Crippen LogP contribution in [0.5, 0.6) is 0 Å². The van der Waals surface area contributed by atoms with Crippen LogP contribution in [0.15, 0.2) is 0 Å². The fraction of sp³-hybridized carbons (Fsp3) is 1.00. The van der Waals surface area contributed by atoms with Gasteiger partial charge in [0.15, 0.2) is 0 Å². The highest BCUT2D eigenvalue weighted by molar-refractivity contribution is 7.89. The Morgan fingerprint density at radius 1 is 1.33 bits per heavy atom. The van der Waals surface area contributed by atoms with Crippen molar-refractivity contribution in [2.45, 2.75) is 45.2 Å². The van der Waals surface area contributed by atoms with Crippen LogP contribution < -0.4 is 5.32 Å². The molecular formula is C13H25F3N2O2S.